The molecule has 8 nitrogen and oxygen atoms in total. The van der Waals surface area contributed by atoms with Crippen molar-refractivity contribution in [3.05, 3.63) is 84.3 Å². The predicted octanol–water partition coefficient (Wildman–Crippen LogP) is 4.18. The molecule has 1 atom stereocenters. The van der Waals surface area contributed by atoms with Gasteiger partial charge in [-0.2, -0.15) is 0 Å². The average Bonchev–Trinajstić information content (AvgIpc) is 2.92. The van der Waals surface area contributed by atoms with Crippen molar-refractivity contribution < 1.29 is 14.3 Å². The summed E-state index contributed by atoms with van der Waals surface area (Å²) in [6.45, 7) is 5.37. The standard InChI is InChI=1S/C30H31FN6O2/c1-20(38)19-36-12-14-37(15-13-36)27-10-9-24(17-26(27)31)34-30-33-18-23-6-3-7-25(29(23)35-30)22-5-2-4-21(16-22)8-11-28(32)39/h2-11,16-18,20,38H,12-15,19H2,1H3,(H2,32,39)(H,33,34,35). The van der Waals surface area contributed by atoms with Gasteiger partial charge in [0.15, 0.2) is 0 Å². The minimum atomic E-state index is -0.506. The maximum absolute atomic E-state index is 15.1. The Hall–Kier alpha value is -4.34. The first-order chi connectivity index (χ1) is 18.9. The van der Waals surface area contributed by atoms with Crippen LogP contribution in [0, 0.1) is 5.82 Å². The molecule has 5 rings (SSSR count). The summed E-state index contributed by atoms with van der Waals surface area (Å²) in [5.74, 6) is -0.460. The summed E-state index contributed by atoms with van der Waals surface area (Å²) < 4.78 is 15.1. The van der Waals surface area contributed by atoms with E-state index in [2.05, 4.69) is 15.2 Å². The number of benzene rings is 3. The molecule has 1 fully saturated rings. The number of para-hydroxylation sites is 1. The molecular formula is C30H31FN6O2. The number of fused-ring (bicyclic) bond motifs is 1. The summed E-state index contributed by atoms with van der Waals surface area (Å²) >= 11 is 0. The maximum Gasteiger partial charge on any atom is 0.241 e. The van der Waals surface area contributed by atoms with Crippen LogP contribution in [-0.2, 0) is 4.79 Å². The molecule has 9 heteroatoms. The number of aliphatic hydroxyl groups excluding tert-OH is 1. The quantitative estimate of drug-likeness (QED) is 0.296. The molecule has 1 amide bonds. The van der Waals surface area contributed by atoms with Crippen molar-refractivity contribution in [1.29, 1.82) is 0 Å². The van der Waals surface area contributed by atoms with Crippen LogP contribution in [0.1, 0.15) is 12.5 Å². The van der Waals surface area contributed by atoms with E-state index in [1.54, 1.807) is 25.3 Å². The normalized spacial score (nSPS) is 15.1. The lowest BCUT2D eigenvalue weighted by molar-refractivity contribution is -0.113. The third-order valence-electron chi connectivity index (χ3n) is 6.69. The van der Waals surface area contributed by atoms with Crippen LogP contribution in [0.15, 0.2) is 72.9 Å². The number of nitrogens with two attached hydrogens (primary N) is 1. The monoisotopic (exact) mass is 526 g/mol. The SMILES string of the molecule is CC(O)CN1CCN(c2ccc(Nc3ncc4cccc(-c5cccc(C=CC(N)=O)c5)c4n3)cc2F)CC1. The molecule has 3 aromatic carbocycles. The van der Waals surface area contributed by atoms with Gasteiger partial charge in [-0.05, 0) is 48.4 Å². The zero-order valence-corrected chi connectivity index (χ0v) is 21.7. The smallest absolute Gasteiger partial charge is 0.241 e. The van der Waals surface area contributed by atoms with Gasteiger partial charge in [0.2, 0.25) is 11.9 Å². The number of β-amino-alcohol motifs (C(OH)–C–C–N with tert-alkyl or cyclic N) is 1. The second-order valence-corrected chi connectivity index (χ2v) is 9.73. The molecular weight excluding hydrogens is 495 g/mol. The molecule has 0 spiro atoms. The molecule has 4 aromatic rings. The van der Waals surface area contributed by atoms with Gasteiger partial charge in [-0.3, -0.25) is 9.69 Å². The van der Waals surface area contributed by atoms with Crippen LogP contribution >= 0.6 is 0 Å². The van der Waals surface area contributed by atoms with Crippen molar-refractivity contribution in [3.8, 4) is 11.1 Å². The molecule has 1 aliphatic heterocycles. The lowest BCUT2D eigenvalue weighted by Gasteiger charge is -2.36. The Morgan fingerprint density at radius 3 is 2.67 bits per heavy atom. The van der Waals surface area contributed by atoms with Gasteiger partial charge in [-0.15, -0.1) is 0 Å². The molecule has 1 aromatic heterocycles. The zero-order chi connectivity index (χ0) is 27.4. The maximum atomic E-state index is 15.1. The van der Waals surface area contributed by atoms with E-state index in [0.29, 0.717) is 37.0 Å². The minimum absolute atomic E-state index is 0.314. The van der Waals surface area contributed by atoms with Crippen LogP contribution in [0.2, 0.25) is 0 Å². The molecule has 1 aliphatic rings. The van der Waals surface area contributed by atoms with Crippen LogP contribution in [0.4, 0.5) is 21.7 Å². The number of nitrogens with zero attached hydrogens (tertiary/aromatic N) is 4. The summed E-state index contributed by atoms with van der Waals surface area (Å²) in [6, 6.07) is 18.7. The van der Waals surface area contributed by atoms with E-state index in [-0.39, 0.29) is 11.9 Å². The minimum Gasteiger partial charge on any atom is -0.392 e. The van der Waals surface area contributed by atoms with E-state index in [1.165, 1.54) is 12.1 Å². The van der Waals surface area contributed by atoms with Crippen LogP contribution in [0.5, 0.6) is 0 Å². The summed E-state index contributed by atoms with van der Waals surface area (Å²) in [6.07, 6.45) is 4.37. The van der Waals surface area contributed by atoms with Crippen molar-refractivity contribution in [2.24, 2.45) is 5.73 Å². The van der Waals surface area contributed by atoms with Gasteiger partial charge in [0.05, 0.1) is 17.3 Å². The first-order valence-corrected chi connectivity index (χ1v) is 12.9. The highest BCUT2D eigenvalue weighted by atomic mass is 19.1. The van der Waals surface area contributed by atoms with E-state index in [1.807, 2.05) is 53.4 Å². The van der Waals surface area contributed by atoms with Crippen molar-refractivity contribution in [2.75, 3.05) is 42.9 Å². The zero-order valence-electron chi connectivity index (χ0n) is 21.7. The lowest BCUT2D eigenvalue weighted by atomic mass is 10.0. The number of aromatic nitrogens is 2. The fourth-order valence-electron chi connectivity index (χ4n) is 4.85. The fraction of sp³-hybridized carbons (Fsp3) is 0.233. The van der Waals surface area contributed by atoms with Gasteiger partial charge >= 0.3 is 0 Å². The lowest BCUT2D eigenvalue weighted by Crippen LogP contribution is -2.48. The number of rotatable bonds is 8. The molecule has 2 heterocycles. The predicted molar refractivity (Wildman–Crippen MR) is 153 cm³/mol. The Balaban J connectivity index is 1.35. The number of halogens is 1. The Labute approximate surface area is 226 Å². The van der Waals surface area contributed by atoms with Crippen molar-refractivity contribution in [2.45, 2.75) is 13.0 Å². The molecule has 200 valence electrons. The van der Waals surface area contributed by atoms with Gasteiger partial charge in [0.25, 0.3) is 0 Å². The highest BCUT2D eigenvalue weighted by Gasteiger charge is 2.20. The van der Waals surface area contributed by atoms with E-state index in [9.17, 15) is 9.90 Å². The summed E-state index contributed by atoms with van der Waals surface area (Å²) in [7, 11) is 0. The Morgan fingerprint density at radius 1 is 1.13 bits per heavy atom. The van der Waals surface area contributed by atoms with E-state index in [4.69, 9.17) is 10.7 Å². The molecule has 0 saturated carbocycles. The molecule has 1 saturated heterocycles. The summed E-state index contributed by atoms with van der Waals surface area (Å²) in [5.41, 5.74) is 9.78. The number of primary amides is 1. The van der Waals surface area contributed by atoms with Crippen LogP contribution in [-0.4, -0.2) is 64.7 Å². The molecule has 39 heavy (non-hydrogen) atoms. The van der Waals surface area contributed by atoms with E-state index < -0.39 is 5.91 Å². The van der Waals surface area contributed by atoms with Gasteiger partial charge in [0.1, 0.15) is 5.82 Å². The second kappa shape index (κ2) is 11.6. The molecule has 0 radical (unpaired) electrons. The van der Waals surface area contributed by atoms with Gasteiger partial charge in [-0.25, -0.2) is 14.4 Å². The van der Waals surface area contributed by atoms with Crippen molar-refractivity contribution in [3.63, 3.8) is 0 Å². The highest BCUT2D eigenvalue weighted by molar-refractivity contribution is 5.95. The Bertz CT molecular complexity index is 1510. The molecule has 0 bridgehead atoms. The number of amides is 1. The first kappa shape index (κ1) is 26.3. The molecule has 1 unspecified atom stereocenters. The van der Waals surface area contributed by atoms with E-state index in [0.717, 1.165) is 40.7 Å². The number of hydrogen-bond acceptors (Lipinski definition) is 7. The topological polar surface area (TPSA) is 108 Å². The number of anilines is 3. The van der Waals surface area contributed by atoms with Crippen LogP contribution < -0.4 is 16.0 Å². The summed E-state index contributed by atoms with van der Waals surface area (Å²) in [4.78, 5) is 24.5. The number of hydrogen-bond donors (Lipinski definition) is 3. The van der Waals surface area contributed by atoms with Gasteiger partial charge < -0.3 is 21.1 Å². The van der Waals surface area contributed by atoms with Gasteiger partial charge in [-0.1, -0.05) is 36.4 Å². The van der Waals surface area contributed by atoms with Gasteiger partial charge in [0, 0.05) is 61.6 Å². The fourth-order valence-corrected chi connectivity index (χ4v) is 4.85. The van der Waals surface area contributed by atoms with Crippen molar-refractivity contribution >= 4 is 40.2 Å². The third kappa shape index (κ3) is 6.39. The highest BCUT2D eigenvalue weighted by Crippen LogP contribution is 2.30. The largest absolute Gasteiger partial charge is 0.392 e. The summed E-state index contributed by atoms with van der Waals surface area (Å²) in [5, 5.41) is 13.6. The molecule has 0 aliphatic carbocycles. The Kier molecular flexibility index (Phi) is 7.81. The second-order valence-electron chi connectivity index (χ2n) is 9.73. The van der Waals surface area contributed by atoms with E-state index >= 15 is 4.39 Å². The van der Waals surface area contributed by atoms with Crippen LogP contribution in [0.25, 0.3) is 28.1 Å². The number of carbonyl (C=O) groups excluding carboxylic acids is 1. The average molecular weight is 527 g/mol. The first-order valence-electron chi connectivity index (χ1n) is 12.9. The third-order valence-corrected chi connectivity index (χ3v) is 6.69. The number of piperazine rings is 1. The van der Waals surface area contributed by atoms with Crippen molar-refractivity contribution in [1.82, 2.24) is 14.9 Å². The molecule has 4 N–H and O–H groups in total. The number of nitrogens with one attached hydrogen (secondary N) is 1. The Morgan fingerprint density at radius 2 is 1.92 bits per heavy atom. The number of carbonyl (C=O) groups is 1. The van der Waals surface area contributed by atoms with Crippen LogP contribution in [0.3, 0.4) is 0 Å². The number of aliphatic hydroxyl groups is 1.